The summed E-state index contributed by atoms with van der Waals surface area (Å²) in [7, 11) is 3.75. The monoisotopic (exact) mass is 335 g/mol. The minimum Gasteiger partial charge on any atom is -0.323 e. The number of imidazole rings is 1. The lowest BCUT2D eigenvalue weighted by Crippen LogP contribution is -2.49. The zero-order valence-corrected chi connectivity index (χ0v) is 14.7. The molecule has 0 fully saturated rings. The third kappa shape index (κ3) is 2.45. The molecule has 0 spiro atoms. The third-order valence-electron chi connectivity index (χ3n) is 4.81. The molecule has 2 aromatic rings. The van der Waals surface area contributed by atoms with Crippen LogP contribution in [0.15, 0.2) is 35.3 Å². The van der Waals surface area contributed by atoms with Crippen molar-refractivity contribution >= 4 is 29.8 Å². The second kappa shape index (κ2) is 5.88. The van der Waals surface area contributed by atoms with Gasteiger partial charge in [0, 0.05) is 14.1 Å². The molecule has 1 aromatic carbocycles. The number of carbonyl (C=O) groups is 1. The Bertz CT molecular complexity index is 881. The Morgan fingerprint density at radius 3 is 2.68 bits per heavy atom. The number of hydrogen-bond donors (Lipinski definition) is 0. The van der Waals surface area contributed by atoms with Crippen molar-refractivity contribution in [2.45, 2.75) is 19.4 Å². The molecule has 6 nitrogen and oxygen atoms in total. The summed E-state index contributed by atoms with van der Waals surface area (Å²) in [6.45, 7) is 2.74. The van der Waals surface area contributed by atoms with Crippen LogP contribution in [0.5, 0.6) is 0 Å². The fraction of sp³-hybridized carbons (Fsp3) is 0.316. The molecule has 0 saturated carbocycles. The van der Waals surface area contributed by atoms with Crippen molar-refractivity contribution < 1.29 is 4.79 Å². The summed E-state index contributed by atoms with van der Waals surface area (Å²) in [5.41, 5.74) is 2.02. The fourth-order valence-corrected chi connectivity index (χ4v) is 3.30. The van der Waals surface area contributed by atoms with Gasteiger partial charge < -0.3 is 4.57 Å². The molecule has 128 valence electrons. The van der Waals surface area contributed by atoms with Gasteiger partial charge in [-0.05, 0) is 18.1 Å². The molecule has 0 unspecified atom stereocenters. The van der Waals surface area contributed by atoms with Crippen LogP contribution in [0, 0.1) is 0 Å². The van der Waals surface area contributed by atoms with Crippen LogP contribution in [0.25, 0.3) is 12.2 Å². The van der Waals surface area contributed by atoms with Crippen molar-refractivity contribution in [1.82, 2.24) is 14.5 Å². The Labute approximate surface area is 147 Å². The number of rotatable bonds is 3. The minimum absolute atomic E-state index is 0.0566. The largest absolute Gasteiger partial charge is 0.331 e. The highest BCUT2D eigenvalue weighted by atomic mass is 16.2. The SMILES string of the molecule is CC[C@@H]1CN2C(=O)N(C)c3nc(/C=C/c4ccccc4)n(C)c3C2=N1. The Kier molecular flexibility index (Phi) is 3.67. The molecule has 4 rings (SSSR count). The van der Waals surface area contributed by atoms with E-state index in [-0.39, 0.29) is 12.1 Å². The van der Waals surface area contributed by atoms with E-state index in [1.165, 1.54) is 0 Å². The highest BCUT2D eigenvalue weighted by Gasteiger charge is 2.41. The average Bonchev–Trinajstić information content (AvgIpc) is 3.20. The van der Waals surface area contributed by atoms with E-state index in [9.17, 15) is 4.79 Å². The lowest BCUT2D eigenvalue weighted by molar-refractivity contribution is 0.228. The predicted octanol–water partition coefficient (Wildman–Crippen LogP) is 3.00. The first-order valence-electron chi connectivity index (χ1n) is 8.53. The van der Waals surface area contributed by atoms with Crippen LogP contribution in [0.3, 0.4) is 0 Å². The smallest absolute Gasteiger partial charge is 0.323 e. The summed E-state index contributed by atoms with van der Waals surface area (Å²) < 4.78 is 2.02. The summed E-state index contributed by atoms with van der Waals surface area (Å²) in [5.74, 6) is 2.23. The Morgan fingerprint density at radius 2 is 1.96 bits per heavy atom. The second-order valence-corrected chi connectivity index (χ2v) is 6.41. The van der Waals surface area contributed by atoms with Crippen LogP contribution in [0.4, 0.5) is 10.6 Å². The molecular weight excluding hydrogens is 314 g/mol. The summed E-state index contributed by atoms with van der Waals surface area (Å²) in [4.78, 5) is 25.5. The highest BCUT2D eigenvalue weighted by Crippen LogP contribution is 2.32. The maximum atomic E-state index is 12.6. The van der Waals surface area contributed by atoms with Crippen LogP contribution in [0.2, 0.25) is 0 Å². The van der Waals surface area contributed by atoms with Crippen molar-refractivity contribution in [3.8, 4) is 0 Å². The highest BCUT2D eigenvalue weighted by molar-refractivity contribution is 6.18. The van der Waals surface area contributed by atoms with E-state index in [4.69, 9.17) is 4.99 Å². The normalized spacial score (nSPS) is 19.4. The molecule has 2 aliphatic heterocycles. The first kappa shape index (κ1) is 15.6. The Morgan fingerprint density at radius 1 is 1.20 bits per heavy atom. The molecule has 0 aliphatic carbocycles. The van der Waals surface area contributed by atoms with E-state index in [2.05, 4.69) is 11.9 Å². The van der Waals surface area contributed by atoms with E-state index in [0.29, 0.717) is 12.4 Å². The molecule has 1 atom stereocenters. The molecule has 2 amide bonds. The minimum atomic E-state index is -0.0566. The lowest BCUT2D eigenvalue weighted by Gasteiger charge is -2.30. The van der Waals surface area contributed by atoms with Gasteiger partial charge in [0.25, 0.3) is 0 Å². The van der Waals surface area contributed by atoms with Gasteiger partial charge in [0.1, 0.15) is 11.5 Å². The summed E-state index contributed by atoms with van der Waals surface area (Å²) in [6, 6.07) is 10.2. The van der Waals surface area contributed by atoms with E-state index in [0.717, 1.165) is 29.3 Å². The van der Waals surface area contributed by atoms with Gasteiger partial charge in [0.05, 0.1) is 12.6 Å². The van der Waals surface area contributed by atoms with E-state index < -0.39 is 0 Å². The second-order valence-electron chi connectivity index (χ2n) is 6.41. The zero-order valence-electron chi connectivity index (χ0n) is 14.7. The van der Waals surface area contributed by atoms with Gasteiger partial charge in [-0.2, -0.15) is 0 Å². The summed E-state index contributed by atoms with van der Waals surface area (Å²) >= 11 is 0. The fourth-order valence-electron chi connectivity index (χ4n) is 3.30. The number of aromatic nitrogens is 2. The van der Waals surface area contributed by atoms with Crippen LogP contribution in [0.1, 0.15) is 30.4 Å². The quantitative estimate of drug-likeness (QED) is 0.866. The lowest BCUT2D eigenvalue weighted by atomic mass is 10.2. The number of fused-ring (bicyclic) bond motifs is 3. The predicted molar refractivity (Wildman–Crippen MR) is 99.7 cm³/mol. The standard InChI is InChI=1S/C19H21N5O/c1-4-14-12-24-18(20-14)16-17(23(3)19(24)25)21-15(22(16)2)11-10-13-8-6-5-7-9-13/h5-11,14H,4,12H2,1-3H3/b11-10+/t14-/m1/s1. The van der Waals surface area contributed by atoms with Crippen molar-refractivity contribution in [3.05, 3.63) is 47.4 Å². The number of urea groups is 1. The molecular formula is C19H21N5O. The topological polar surface area (TPSA) is 53.7 Å². The zero-order chi connectivity index (χ0) is 17.6. The first-order chi connectivity index (χ1) is 12.1. The molecule has 0 saturated heterocycles. The number of hydrogen-bond acceptors (Lipinski definition) is 3. The first-order valence-corrected chi connectivity index (χ1v) is 8.53. The number of carbonyl (C=O) groups excluding carboxylic acids is 1. The van der Waals surface area contributed by atoms with Gasteiger partial charge in [-0.15, -0.1) is 0 Å². The van der Waals surface area contributed by atoms with Crippen molar-refractivity contribution in [2.24, 2.45) is 12.0 Å². The van der Waals surface area contributed by atoms with E-state index in [1.54, 1.807) is 16.8 Å². The summed E-state index contributed by atoms with van der Waals surface area (Å²) in [6.07, 6.45) is 4.92. The van der Waals surface area contributed by atoms with Gasteiger partial charge in [-0.25, -0.2) is 9.78 Å². The molecule has 6 heteroatoms. The number of amides is 2. The number of anilines is 1. The van der Waals surface area contributed by atoms with Crippen LogP contribution < -0.4 is 4.90 Å². The van der Waals surface area contributed by atoms with Crippen molar-refractivity contribution in [3.63, 3.8) is 0 Å². The number of amidine groups is 1. The Hall–Kier alpha value is -2.89. The number of nitrogens with zero attached hydrogens (tertiary/aromatic N) is 5. The molecule has 0 radical (unpaired) electrons. The third-order valence-corrected chi connectivity index (χ3v) is 4.81. The number of aliphatic imine (C=N–C) groups is 1. The maximum absolute atomic E-state index is 12.6. The van der Waals surface area contributed by atoms with Gasteiger partial charge in [0.2, 0.25) is 0 Å². The summed E-state index contributed by atoms with van der Waals surface area (Å²) in [5, 5.41) is 0. The molecule has 2 aliphatic rings. The van der Waals surface area contributed by atoms with Gasteiger partial charge in [-0.1, -0.05) is 43.3 Å². The van der Waals surface area contributed by atoms with Crippen molar-refractivity contribution in [2.75, 3.05) is 18.5 Å². The molecule has 3 heterocycles. The Balaban J connectivity index is 1.77. The van der Waals surface area contributed by atoms with Gasteiger partial charge >= 0.3 is 6.03 Å². The molecule has 0 N–H and O–H groups in total. The van der Waals surface area contributed by atoms with Crippen molar-refractivity contribution in [1.29, 1.82) is 0 Å². The number of benzene rings is 1. The molecule has 1 aromatic heterocycles. The van der Waals surface area contributed by atoms with Crippen LogP contribution in [-0.2, 0) is 7.05 Å². The van der Waals surface area contributed by atoms with Gasteiger partial charge in [0.15, 0.2) is 11.7 Å². The molecule has 0 bridgehead atoms. The maximum Gasteiger partial charge on any atom is 0.331 e. The van der Waals surface area contributed by atoms with Crippen LogP contribution in [-0.4, -0.2) is 46.0 Å². The van der Waals surface area contributed by atoms with Gasteiger partial charge in [-0.3, -0.25) is 14.8 Å². The molecule has 25 heavy (non-hydrogen) atoms. The van der Waals surface area contributed by atoms with E-state index >= 15 is 0 Å². The van der Waals surface area contributed by atoms with Crippen LogP contribution >= 0.6 is 0 Å². The average molecular weight is 335 g/mol. The van der Waals surface area contributed by atoms with E-state index in [1.807, 2.05) is 54.1 Å².